The van der Waals surface area contributed by atoms with Crippen molar-refractivity contribution in [1.82, 2.24) is 9.97 Å². The van der Waals surface area contributed by atoms with Gasteiger partial charge in [0.25, 0.3) is 0 Å². The minimum atomic E-state index is 0.300. The third-order valence-corrected chi connectivity index (χ3v) is 2.85. The van der Waals surface area contributed by atoms with Gasteiger partial charge in [-0.1, -0.05) is 34.8 Å². The maximum absolute atomic E-state index is 5.88. The summed E-state index contributed by atoms with van der Waals surface area (Å²) in [5.74, 6) is 0.475. The molecule has 0 saturated heterocycles. The van der Waals surface area contributed by atoms with Crippen molar-refractivity contribution in [2.24, 2.45) is 0 Å². The lowest BCUT2D eigenvalue weighted by atomic mass is 10.3. The fraction of sp³-hybridized carbons (Fsp3) is 0. The Labute approximate surface area is 107 Å². The molecule has 0 spiro atoms. The molecule has 0 bridgehead atoms. The summed E-state index contributed by atoms with van der Waals surface area (Å²) in [6, 6.07) is 5.16. The van der Waals surface area contributed by atoms with Gasteiger partial charge in [0.2, 0.25) is 0 Å². The van der Waals surface area contributed by atoms with Gasteiger partial charge in [0.1, 0.15) is 0 Å². The van der Waals surface area contributed by atoms with Crippen molar-refractivity contribution in [2.45, 2.75) is 0 Å². The first-order valence-corrected chi connectivity index (χ1v) is 5.49. The molecule has 0 aliphatic carbocycles. The van der Waals surface area contributed by atoms with Crippen LogP contribution in [-0.2, 0) is 0 Å². The highest BCUT2D eigenvalue weighted by Crippen LogP contribution is 2.27. The molecule has 0 atom stereocenters. The Kier molecular flexibility index (Phi) is 3.49. The molecule has 2 aromatic rings. The van der Waals surface area contributed by atoms with Gasteiger partial charge in [0, 0.05) is 18.1 Å². The molecule has 6 heteroatoms. The normalized spacial score (nSPS) is 10.2. The second-order valence-electron chi connectivity index (χ2n) is 2.95. The van der Waals surface area contributed by atoms with Gasteiger partial charge >= 0.3 is 0 Å². The highest BCUT2D eigenvalue weighted by atomic mass is 35.5. The van der Waals surface area contributed by atoms with Gasteiger partial charge in [0.15, 0.2) is 11.0 Å². The summed E-state index contributed by atoms with van der Waals surface area (Å²) in [4.78, 5) is 7.94. The van der Waals surface area contributed by atoms with E-state index in [4.69, 9.17) is 34.8 Å². The van der Waals surface area contributed by atoms with E-state index in [1.54, 1.807) is 24.4 Å². The maximum atomic E-state index is 5.88. The number of hydrogen-bond donors (Lipinski definition) is 1. The van der Waals surface area contributed by atoms with E-state index in [-0.39, 0.29) is 0 Å². The number of nitrogens with one attached hydrogen (secondary N) is 1. The number of aromatic nitrogens is 2. The van der Waals surface area contributed by atoms with E-state index >= 15 is 0 Å². The fourth-order valence-corrected chi connectivity index (χ4v) is 1.57. The summed E-state index contributed by atoms with van der Waals surface area (Å²) in [5.41, 5.74) is 0.747. The smallest absolute Gasteiger partial charge is 0.171 e. The standard InChI is InChI=1S/C10H6Cl3N3/c11-7-2-1-6(5-8(7)12)16-10-9(13)14-3-4-15-10/h1-5H,(H,15,16). The number of rotatable bonds is 2. The molecule has 1 aromatic heterocycles. The average Bonchev–Trinajstić information content (AvgIpc) is 2.27. The predicted molar refractivity (Wildman–Crippen MR) is 66.8 cm³/mol. The molecule has 0 aliphatic rings. The monoisotopic (exact) mass is 273 g/mol. The zero-order valence-electron chi connectivity index (χ0n) is 7.92. The molecule has 3 nitrogen and oxygen atoms in total. The first-order valence-electron chi connectivity index (χ1n) is 4.35. The van der Waals surface area contributed by atoms with Crippen LogP contribution >= 0.6 is 34.8 Å². The van der Waals surface area contributed by atoms with Crippen LogP contribution in [0.1, 0.15) is 0 Å². The van der Waals surface area contributed by atoms with Gasteiger partial charge in [0.05, 0.1) is 10.0 Å². The summed E-state index contributed by atoms with van der Waals surface area (Å²) in [6.45, 7) is 0. The van der Waals surface area contributed by atoms with Crippen LogP contribution in [0.15, 0.2) is 30.6 Å². The third kappa shape index (κ3) is 2.55. The van der Waals surface area contributed by atoms with Crippen molar-refractivity contribution < 1.29 is 0 Å². The van der Waals surface area contributed by atoms with Crippen LogP contribution in [0.3, 0.4) is 0 Å². The molecule has 16 heavy (non-hydrogen) atoms. The van der Waals surface area contributed by atoms with E-state index in [1.165, 1.54) is 6.20 Å². The van der Waals surface area contributed by atoms with Crippen LogP contribution in [0.5, 0.6) is 0 Å². The van der Waals surface area contributed by atoms with Crippen molar-refractivity contribution in [3.05, 3.63) is 45.8 Å². The van der Waals surface area contributed by atoms with Gasteiger partial charge in [-0.3, -0.25) is 0 Å². The summed E-state index contributed by atoms with van der Waals surface area (Å²) in [5, 5.41) is 4.25. The first-order chi connectivity index (χ1) is 7.66. The molecule has 0 unspecified atom stereocenters. The molecule has 2 rings (SSSR count). The summed E-state index contributed by atoms with van der Waals surface area (Å²) < 4.78 is 0. The van der Waals surface area contributed by atoms with Crippen LogP contribution in [0, 0.1) is 0 Å². The number of nitrogens with zero attached hydrogens (tertiary/aromatic N) is 2. The lowest BCUT2D eigenvalue weighted by molar-refractivity contribution is 1.20. The van der Waals surface area contributed by atoms with Gasteiger partial charge in [-0.15, -0.1) is 0 Å². The maximum Gasteiger partial charge on any atom is 0.171 e. The molecule has 0 saturated carbocycles. The molecular weight excluding hydrogens is 268 g/mol. The fourth-order valence-electron chi connectivity index (χ4n) is 1.12. The van der Waals surface area contributed by atoms with Gasteiger partial charge < -0.3 is 5.32 Å². The van der Waals surface area contributed by atoms with Crippen LogP contribution in [0.4, 0.5) is 11.5 Å². The van der Waals surface area contributed by atoms with E-state index < -0.39 is 0 Å². The zero-order valence-corrected chi connectivity index (χ0v) is 10.2. The lowest BCUT2D eigenvalue weighted by Crippen LogP contribution is -1.95. The Hall–Kier alpha value is -1.03. The van der Waals surface area contributed by atoms with Crippen molar-refractivity contribution in [3.63, 3.8) is 0 Å². The van der Waals surface area contributed by atoms with Gasteiger partial charge in [-0.2, -0.15) is 0 Å². The van der Waals surface area contributed by atoms with Gasteiger partial charge in [-0.05, 0) is 18.2 Å². The van der Waals surface area contributed by atoms with Gasteiger partial charge in [-0.25, -0.2) is 9.97 Å². The number of anilines is 2. The Balaban J connectivity index is 2.28. The quantitative estimate of drug-likeness (QED) is 0.892. The zero-order chi connectivity index (χ0) is 11.5. The van der Waals surface area contributed by atoms with E-state index in [0.29, 0.717) is 21.0 Å². The summed E-state index contributed by atoms with van der Waals surface area (Å²) in [7, 11) is 0. The Morgan fingerprint density at radius 1 is 0.938 bits per heavy atom. The van der Waals surface area contributed by atoms with Crippen LogP contribution < -0.4 is 5.32 Å². The number of benzene rings is 1. The first kappa shape index (κ1) is 11.5. The molecular formula is C10H6Cl3N3. The van der Waals surface area contributed by atoms with E-state index in [1.807, 2.05) is 0 Å². The largest absolute Gasteiger partial charge is 0.338 e. The van der Waals surface area contributed by atoms with E-state index in [0.717, 1.165) is 5.69 Å². The number of halogens is 3. The molecule has 0 aliphatic heterocycles. The van der Waals surface area contributed by atoms with E-state index in [2.05, 4.69) is 15.3 Å². The minimum absolute atomic E-state index is 0.300. The predicted octanol–water partition coefficient (Wildman–Crippen LogP) is 4.18. The van der Waals surface area contributed by atoms with Crippen molar-refractivity contribution in [1.29, 1.82) is 0 Å². The molecule has 0 radical (unpaired) electrons. The second-order valence-corrected chi connectivity index (χ2v) is 4.12. The Bertz CT molecular complexity index is 516. The van der Waals surface area contributed by atoms with Crippen LogP contribution in [0.2, 0.25) is 15.2 Å². The molecule has 0 fully saturated rings. The second kappa shape index (κ2) is 4.87. The molecule has 1 aromatic carbocycles. The van der Waals surface area contributed by atoms with E-state index in [9.17, 15) is 0 Å². The number of hydrogen-bond acceptors (Lipinski definition) is 3. The lowest BCUT2D eigenvalue weighted by Gasteiger charge is -2.06. The average molecular weight is 275 g/mol. The van der Waals surface area contributed by atoms with Crippen molar-refractivity contribution in [3.8, 4) is 0 Å². The van der Waals surface area contributed by atoms with Crippen molar-refractivity contribution >= 4 is 46.3 Å². The van der Waals surface area contributed by atoms with Crippen molar-refractivity contribution in [2.75, 3.05) is 5.32 Å². The SMILES string of the molecule is Clc1ccc(Nc2nccnc2Cl)cc1Cl. The molecule has 82 valence electrons. The topological polar surface area (TPSA) is 37.8 Å². The molecule has 0 amide bonds. The minimum Gasteiger partial charge on any atom is -0.338 e. The Morgan fingerprint density at radius 2 is 1.69 bits per heavy atom. The van der Waals surface area contributed by atoms with Crippen LogP contribution in [-0.4, -0.2) is 9.97 Å². The summed E-state index contributed by atoms with van der Waals surface area (Å²) >= 11 is 17.5. The molecule has 1 heterocycles. The molecule has 1 N–H and O–H groups in total. The third-order valence-electron chi connectivity index (χ3n) is 1.84. The summed E-state index contributed by atoms with van der Waals surface area (Å²) in [6.07, 6.45) is 3.06. The van der Waals surface area contributed by atoms with Crippen LogP contribution in [0.25, 0.3) is 0 Å². The highest BCUT2D eigenvalue weighted by molar-refractivity contribution is 6.42. The highest BCUT2D eigenvalue weighted by Gasteiger charge is 2.04. The Morgan fingerprint density at radius 3 is 2.38 bits per heavy atom.